The Hall–Kier alpha value is 0.0900. The van der Waals surface area contributed by atoms with Gasteiger partial charge in [-0.05, 0) is 31.0 Å². The number of aryl methyl sites for hydroxylation is 1. The second-order valence-corrected chi connectivity index (χ2v) is 4.36. The molecule has 0 aliphatic rings. The first-order valence-corrected chi connectivity index (χ1v) is 5.75. The molecule has 0 radical (unpaired) electrons. The van der Waals surface area contributed by atoms with Crippen LogP contribution in [0.4, 0.5) is 0 Å². The summed E-state index contributed by atoms with van der Waals surface area (Å²) in [6.07, 6.45) is 1.26. The van der Waals surface area contributed by atoms with Gasteiger partial charge < -0.3 is 7.16 Å². The van der Waals surface area contributed by atoms with E-state index in [1.54, 1.807) is 18.2 Å². The fourth-order valence-corrected chi connectivity index (χ4v) is 2.01. The van der Waals surface area contributed by atoms with Crippen molar-refractivity contribution in [1.29, 1.82) is 0 Å². The average Bonchev–Trinajstić information content (AvgIpc) is 2.14. The summed E-state index contributed by atoms with van der Waals surface area (Å²) in [6.45, 7) is 0.500. The molecule has 15 heavy (non-hydrogen) atoms. The van der Waals surface area contributed by atoms with E-state index in [1.165, 1.54) is 6.07 Å². The second kappa shape index (κ2) is 6.62. The molecule has 0 spiro atoms. The van der Waals surface area contributed by atoms with Gasteiger partial charge in [0.1, 0.15) is 0 Å². The van der Waals surface area contributed by atoms with E-state index in [1.807, 2.05) is 0 Å². The summed E-state index contributed by atoms with van der Waals surface area (Å²) in [4.78, 5) is -0.0200. The number of benzene rings is 1. The van der Waals surface area contributed by atoms with Crippen molar-refractivity contribution in [3.8, 4) is 0 Å². The molecule has 0 heterocycles. The van der Waals surface area contributed by atoms with Gasteiger partial charge in [-0.2, -0.15) is 8.42 Å². The zero-order chi connectivity index (χ0) is 10.6. The van der Waals surface area contributed by atoms with Crippen molar-refractivity contribution >= 4 is 10.1 Å². The third-order valence-corrected chi connectivity index (χ3v) is 2.85. The van der Waals surface area contributed by atoms with Crippen LogP contribution in [0.2, 0.25) is 0 Å². The van der Waals surface area contributed by atoms with Crippen LogP contribution in [0.1, 0.15) is 13.4 Å². The molecule has 1 aromatic carbocycles. The fraction of sp³-hybridized carbons (Fsp3) is 0.333. The van der Waals surface area contributed by atoms with Crippen molar-refractivity contribution in [3.63, 3.8) is 0 Å². The monoisotopic (exact) mass is 239 g/mol. The molecule has 0 aliphatic heterocycles. The van der Waals surface area contributed by atoms with Crippen molar-refractivity contribution in [2.75, 3.05) is 6.54 Å². The van der Waals surface area contributed by atoms with E-state index in [4.69, 9.17) is 10.3 Å². The SMILES string of the molecule is NCCCc1ccccc1S(=O)(=O)O.[H-].[Na+]. The summed E-state index contributed by atoms with van der Waals surface area (Å²) in [5.74, 6) is 0. The normalized spacial score (nSPS) is 10.8. The zero-order valence-electron chi connectivity index (χ0n) is 9.68. The standard InChI is InChI=1S/C9H13NO3S.Na.H/c10-7-3-5-8-4-1-2-6-9(8)14(11,12)13;;/h1-2,4,6H,3,5,7,10H2,(H,11,12,13);;/q;+1;-1. The quantitative estimate of drug-likeness (QED) is 0.468. The van der Waals surface area contributed by atoms with Gasteiger partial charge in [-0.1, -0.05) is 18.2 Å². The smallest absolute Gasteiger partial charge is 1.00 e. The number of hydrogen-bond acceptors (Lipinski definition) is 3. The first kappa shape index (κ1) is 15.1. The van der Waals surface area contributed by atoms with Gasteiger partial charge in [-0.25, -0.2) is 0 Å². The number of hydrogen-bond donors (Lipinski definition) is 2. The Kier molecular flexibility index (Phi) is 6.66. The Morgan fingerprint density at radius 3 is 2.47 bits per heavy atom. The van der Waals surface area contributed by atoms with Gasteiger partial charge in [0.15, 0.2) is 0 Å². The minimum Gasteiger partial charge on any atom is -1.00 e. The van der Waals surface area contributed by atoms with Crippen molar-refractivity contribution in [2.24, 2.45) is 5.73 Å². The second-order valence-electron chi connectivity index (χ2n) is 2.98. The van der Waals surface area contributed by atoms with Gasteiger partial charge in [0.05, 0.1) is 4.90 Å². The van der Waals surface area contributed by atoms with E-state index in [-0.39, 0.29) is 35.9 Å². The molecule has 80 valence electrons. The van der Waals surface area contributed by atoms with Crippen LogP contribution >= 0.6 is 0 Å². The summed E-state index contributed by atoms with van der Waals surface area (Å²) in [7, 11) is -4.10. The van der Waals surface area contributed by atoms with Crippen molar-refractivity contribution in [3.05, 3.63) is 29.8 Å². The summed E-state index contributed by atoms with van der Waals surface area (Å²) in [6, 6.07) is 6.38. The van der Waals surface area contributed by atoms with Crippen LogP contribution in [0, 0.1) is 0 Å². The van der Waals surface area contributed by atoms with Gasteiger partial charge in [-0.3, -0.25) is 4.55 Å². The number of rotatable bonds is 4. The molecule has 1 rings (SSSR count). The maximum atomic E-state index is 10.9. The average molecular weight is 239 g/mol. The van der Waals surface area contributed by atoms with Crippen LogP contribution in [0.3, 0.4) is 0 Å². The molecule has 3 N–H and O–H groups in total. The predicted octanol–water partition coefficient (Wildman–Crippen LogP) is -2.06. The van der Waals surface area contributed by atoms with Crippen LogP contribution in [0.15, 0.2) is 29.2 Å². The first-order valence-electron chi connectivity index (χ1n) is 4.31. The molecule has 0 bridgehead atoms. The topological polar surface area (TPSA) is 80.4 Å². The molecule has 0 saturated heterocycles. The molecular weight excluding hydrogens is 225 g/mol. The van der Waals surface area contributed by atoms with Crippen molar-refractivity contribution in [1.82, 2.24) is 0 Å². The van der Waals surface area contributed by atoms with Gasteiger partial charge >= 0.3 is 29.6 Å². The van der Waals surface area contributed by atoms with Crippen molar-refractivity contribution in [2.45, 2.75) is 17.7 Å². The van der Waals surface area contributed by atoms with E-state index in [0.29, 0.717) is 24.9 Å². The van der Waals surface area contributed by atoms with E-state index in [0.717, 1.165) is 0 Å². The third-order valence-electron chi connectivity index (χ3n) is 1.90. The molecule has 0 unspecified atom stereocenters. The minimum atomic E-state index is -4.10. The van der Waals surface area contributed by atoms with Crippen molar-refractivity contribution < 1.29 is 44.0 Å². The summed E-state index contributed by atoms with van der Waals surface area (Å²) >= 11 is 0. The van der Waals surface area contributed by atoms with Gasteiger partial charge in [0.25, 0.3) is 10.1 Å². The van der Waals surface area contributed by atoms with E-state index in [2.05, 4.69) is 0 Å². The van der Waals surface area contributed by atoms with E-state index in [9.17, 15) is 8.42 Å². The van der Waals surface area contributed by atoms with Gasteiger partial charge in [0.2, 0.25) is 0 Å². The van der Waals surface area contributed by atoms with Crippen LogP contribution in [-0.2, 0) is 16.5 Å². The van der Waals surface area contributed by atoms with Gasteiger partial charge in [0, 0.05) is 0 Å². The summed E-state index contributed by atoms with van der Waals surface area (Å²) in [5, 5.41) is 0. The third kappa shape index (κ3) is 4.63. The molecule has 0 saturated carbocycles. The van der Waals surface area contributed by atoms with Crippen LogP contribution in [0.25, 0.3) is 0 Å². The molecule has 6 heteroatoms. The van der Waals surface area contributed by atoms with E-state index < -0.39 is 10.1 Å². The molecule has 0 atom stereocenters. The summed E-state index contributed by atoms with van der Waals surface area (Å²) in [5.41, 5.74) is 5.94. The molecule has 4 nitrogen and oxygen atoms in total. The van der Waals surface area contributed by atoms with Gasteiger partial charge in [-0.15, -0.1) is 0 Å². The van der Waals surface area contributed by atoms with Crippen LogP contribution in [-0.4, -0.2) is 19.5 Å². The Labute approximate surface area is 113 Å². The minimum absolute atomic E-state index is 0. The molecule has 0 aliphatic carbocycles. The molecule has 0 amide bonds. The Bertz CT molecular complexity index is 411. The molecular formula is C9H14NNaO3S. The zero-order valence-corrected chi connectivity index (χ0v) is 11.5. The van der Waals surface area contributed by atoms with Crippen LogP contribution < -0.4 is 35.3 Å². The van der Waals surface area contributed by atoms with E-state index >= 15 is 0 Å². The summed E-state index contributed by atoms with van der Waals surface area (Å²) < 4.78 is 30.8. The fourth-order valence-electron chi connectivity index (χ4n) is 1.25. The maximum absolute atomic E-state index is 10.9. The Morgan fingerprint density at radius 1 is 1.33 bits per heavy atom. The molecule has 1 aromatic rings. The maximum Gasteiger partial charge on any atom is 1.00 e. The first-order chi connectivity index (χ1) is 6.55. The van der Waals surface area contributed by atoms with Crippen LogP contribution in [0.5, 0.6) is 0 Å². The molecule has 0 fully saturated rings. The molecule has 0 aromatic heterocycles. The largest absolute Gasteiger partial charge is 1.00 e. The Balaban J connectivity index is 0. The number of nitrogens with two attached hydrogens (primary N) is 1. The Morgan fingerprint density at radius 2 is 1.93 bits per heavy atom. The predicted molar refractivity (Wildman–Crippen MR) is 54.7 cm³/mol.